The Morgan fingerprint density at radius 1 is 0.906 bits per heavy atom. The van der Waals surface area contributed by atoms with Crippen LogP contribution in [0.25, 0.3) is 27.8 Å². The van der Waals surface area contributed by atoms with Crippen molar-refractivity contribution < 1.29 is 0 Å². The van der Waals surface area contributed by atoms with Gasteiger partial charge >= 0.3 is 0 Å². The predicted molar refractivity (Wildman–Crippen MR) is 131 cm³/mol. The second-order valence-electron chi connectivity index (χ2n) is 7.78. The molecule has 5 nitrogen and oxygen atoms in total. The van der Waals surface area contributed by atoms with Crippen LogP contribution in [0.15, 0.2) is 101 Å². The lowest BCUT2D eigenvalue weighted by atomic mass is 10.1. The third-order valence-corrected chi connectivity index (χ3v) is 5.73. The zero-order valence-corrected chi connectivity index (χ0v) is 17.9. The number of para-hydroxylation sites is 2. The van der Waals surface area contributed by atoms with E-state index >= 15 is 0 Å². The van der Waals surface area contributed by atoms with E-state index in [4.69, 9.17) is 4.99 Å². The molecule has 3 aromatic carbocycles. The van der Waals surface area contributed by atoms with E-state index < -0.39 is 0 Å². The van der Waals surface area contributed by atoms with Crippen molar-refractivity contribution in [1.29, 1.82) is 0 Å². The van der Waals surface area contributed by atoms with Crippen LogP contribution < -0.4 is 5.56 Å². The van der Waals surface area contributed by atoms with Gasteiger partial charge < -0.3 is 4.98 Å². The number of hydrogen-bond acceptors (Lipinski definition) is 2. The minimum Gasteiger partial charge on any atom is -0.361 e. The molecule has 2 aromatic heterocycles. The number of rotatable bonds is 6. The average molecular weight is 421 g/mol. The molecule has 0 saturated heterocycles. The van der Waals surface area contributed by atoms with Gasteiger partial charge in [-0.1, -0.05) is 66.7 Å². The van der Waals surface area contributed by atoms with Gasteiger partial charge in [-0.2, -0.15) is 0 Å². The topological polar surface area (TPSA) is 65.9 Å². The number of nitrogens with zero attached hydrogens (tertiary/aromatic N) is 2. The van der Waals surface area contributed by atoms with Crippen LogP contribution in [0.1, 0.15) is 18.1 Å². The molecular formula is C27H24N4O. The van der Waals surface area contributed by atoms with E-state index in [9.17, 15) is 4.79 Å². The molecule has 0 amide bonds. The average Bonchev–Trinajstić information content (AvgIpc) is 3.41. The van der Waals surface area contributed by atoms with Crippen molar-refractivity contribution in [2.24, 2.45) is 4.99 Å². The molecule has 158 valence electrons. The number of aromatic amines is 2. The van der Waals surface area contributed by atoms with Gasteiger partial charge in [0.25, 0.3) is 5.56 Å². The first-order valence-electron chi connectivity index (χ1n) is 10.7. The van der Waals surface area contributed by atoms with Gasteiger partial charge in [-0.3, -0.25) is 14.9 Å². The molecule has 2 N–H and O–H groups in total. The molecular weight excluding hydrogens is 396 g/mol. The molecule has 0 aliphatic heterocycles. The van der Waals surface area contributed by atoms with Crippen LogP contribution in [-0.2, 0) is 6.42 Å². The molecule has 5 rings (SSSR count). The van der Waals surface area contributed by atoms with Crippen LogP contribution in [0.5, 0.6) is 0 Å². The molecule has 2 heterocycles. The van der Waals surface area contributed by atoms with Gasteiger partial charge in [0.2, 0.25) is 0 Å². The smallest absolute Gasteiger partial charge is 0.280 e. The van der Waals surface area contributed by atoms with Gasteiger partial charge in [0.05, 0.1) is 16.9 Å². The second kappa shape index (κ2) is 8.55. The maximum Gasteiger partial charge on any atom is 0.280 e. The maximum absolute atomic E-state index is 13.4. The fourth-order valence-electron chi connectivity index (χ4n) is 4.11. The molecule has 0 fully saturated rings. The second-order valence-corrected chi connectivity index (χ2v) is 7.78. The molecule has 0 unspecified atom stereocenters. The highest BCUT2D eigenvalue weighted by Gasteiger charge is 2.19. The number of benzene rings is 3. The molecule has 0 spiro atoms. The summed E-state index contributed by atoms with van der Waals surface area (Å²) >= 11 is 0. The van der Waals surface area contributed by atoms with Gasteiger partial charge in [0, 0.05) is 34.9 Å². The molecule has 0 saturated carbocycles. The number of nitrogens with one attached hydrogen (secondary N) is 2. The first-order valence-corrected chi connectivity index (χ1v) is 10.7. The number of fused-ring (bicyclic) bond motifs is 1. The summed E-state index contributed by atoms with van der Waals surface area (Å²) < 4.78 is 1.59. The third-order valence-electron chi connectivity index (χ3n) is 5.73. The highest BCUT2D eigenvalue weighted by molar-refractivity contribution is 6.03. The highest BCUT2D eigenvalue weighted by atomic mass is 16.1. The Morgan fingerprint density at radius 3 is 2.38 bits per heavy atom. The summed E-state index contributed by atoms with van der Waals surface area (Å²) in [5, 5.41) is 4.53. The van der Waals surface area contributed by atoms with Crippen LogP contribution in [0, 0.1) is 0 Å². The van der Waals surface area contributed by atoms with Crippen LogP contribution in [0.3, 0.4) is 0 Å². The largest absolute Gasteiger partial charge is 0.361 e. The quantitative estimate of drug-likeness (QED) is 0.357. The lowest BCUT2D eigenvalue weighted by Crippen LogP contribution is -2.19. The van der Waals surface area contributed by atoms with Gasteiger partial charge in [0.1, 0.15) is 0 Å². The summed E-state index contributed by atoms with van der Waals surface area (Å²) in [5.74, 6) is 0. The summed E-state index contributed by atoms with van der Waals surface area (Å²) in [6.07, 6.45) is 2.85. The van der Waals surface area contributed by atoms with Crippen molar-refractivity contribution in [1.82, 2.24) is 14.8 Å². The molecule has 0 atom stereocenters. The van der Waals surface area contributed by atoms with Crippen molar-refractivity contribution in [2.45, 2.75) is 13.3 Å². The zero-order chi connectivity index (χ0) is 21.9. The van der Waals surface area contributed by atoms with Gasteiger partial charge in [-0.05, 0) is 37.1 Å². The molecule has 0 aliphatic carbocycles. The monoisotopic (exact) mass is 420 g/mol. The standard InChI is InChI=1S/C27H24N4O/c1-19(28-17-16-21-18-29-24-15-9-8-14-23(21)24)25-26(20-10-4-2-5-11-20)30-31(27(25)32)22-12-6-3-7-13-22/h2-15,18,29-30H,16-17H2,1H3. The highest BCUT2D eigenvalue weighted by Crippen LogP contribution is 2.22. The van der Waals surface area contributed by atoms with E-state index in [0.29, 0.717) is 12.1 Å². The Morgan fingerprint density at radius 2 is 1.59 bits per heavy atom. The van der Waals surface area contributed by atoms with Crippen LogP contribution >= 0.6 is 0 Å². The van der Waals surface area contributed by atoms with Crippen molar-refractivity contribution in [3.05, 3.63) is 113 Å². The number of H-pyrrole nitrogens is 2. The first kappa shape index (κ1) is 19.8. The van der Waals surface area contributed by atoms with Crippen molar-refractivity contribution in [3.8, 4) is 16.9 Å². The predicted octanol–water partition coefficient (Wildman–Crippen LogP) is 5.37. The van der Waals surface area contributed by atoms with Crippen molar-refractivity contribution in [3.63, 3.8) is 0 Å². The number of aromatic nitrogens is 3. The van der Waals surface area contributed by atoms with E-state index in [1.807, 2.05) is 85.9 Å². The van der Waals surface area contributed by atoms with E-state index in [2.05, 4.69) is 22.2 Å². The Balaban J connectivity index is 1.51. The van der Waals surface area contributed by atoms with E-state index in [1.54, 1.807) is 4.68 Å². The summed E-state index contributed by atoms with van der Waals surface area (Å²) in [5.41, 5.74) is 6.16. The van der Waals surface area contributed by atoms with E-state index in [-0.39, 0.29) is 5.56 Å². The molecule has 5 aromatic rings. The fraction of sp³-hybridized carbons (Fsp3) is 0.111. The van der Waals surface area contributed by atoms with Gasteiger partial charge in [-0.25, -0.2) is 4.68 Å². The molecule has 0 radical (unpaired) electrons. The Kier molecular flexibility index (Phi) is 5.30. The number of aliphatic imine (C=N–C) groups is 1. The SMILES string of the molecule is CC(=NCCc1c[nH]c2ccccc12)c1c(-c2ccccc2)[nH]n(-c2ccccc2)c1=O. The van der Waals surface area contributed by atoms with E-state index in [1.165, 1.54) is 10.9 Å². The minimum absolute atomic E-state index is 0.0941. The number of hydrogen-bond donors (Lipinski definition) is 2. The Labute approximate surface area is 186 Å². The van der Waals surface area contributed by atoms with Crippen LogP contribution in [-0.4, -0.2) is 27.0 Å². The summed E-state index contributed by atoms with van der Waals surface area (Å²) in [6.45, 7) is 2.53. The summed E-state index contributed by atoms with van der Waals surface area (Å²) in [4.78, 5) is 21.5. The minimum atomic E-state index is -0.0941. The van der Waals surface area contributed by atoms with Crippen molar-refractivity contribution >= 4 is 16.6 Å². The zero-order valence-electron chi connectivity index (χ0n) is 17.9. The molecule has 0 aliphatic rings. The summed E-state index contributed by atoms with van der Waals surface area (Å²) in [6, 6.07) is 27.8. The van der Waals surface area contributed by atoms with Crippen LogP contribution in [0.4, 0.5) is 0 Å². The van der Waals surface area contributed by atoms with E-state index in [0.717, 1.165) is 34.6 Å². The molecule has 0 bridgehead atoms. The molecule has 32 heavy (non-hydrogen) atoms. The lowest BCUT2D eigenvalue weighted by Gasteiger charge is -2.03. The fourth-order valence-corrected chi connectivity index (χ4v) is 4.11. The summed E-state index contributed by atoms with van der Waals surface area (Å²) in [7, 11) is 0. The van der Waals surface area contributed by atoms with Gasteiger partial charge in [0.15, 0.2) is 0 Å². The van der Waals surface area contributed by atoms with Gasteiger partial charge in [-0.15, -0.1) is 0 Å². The normalized spacial score (nSPS) is 11.8. The van der Waals surface area contributed by atoms with Crippen LogP contribution in [0.2, 0.25) is 0 Å². The Hall–Kier alpha value is -4.12. The third kappa shape index (κ3) is 3.69. The first-order chi connectivity index (χ1) is 15.7. The lowest BCUT2D eigenvalue weighted by molar-refractivity contribution is 0.852. The molecule has 5 heteroatoms. The van der Waals surface area contributed by atoms with Crippen molar-refractivity contribution in [2.75, 3.05) is 6.54 Å². The Bertz CT molecular complexity index is 1440. The maximum atomic E-state index is 13.4.